The van der Waals surface area contributed by atoms with E-state index in [4.69, 9.17) is 0 Å². The standard InChI is InChI=1S/C18H25FN2O/c1-14-5-2-3-12-21(14)18(22)13-20-11-4-6-17(20)15-7-9-16(19)10-8-15/h7-10,14,17H,2-6,11-13H2,1H3. The molecule has 2 heterocycles. The maximum Gasteiger partial charge on any atom is 0.237 e. The average Bonchev–Trinajstić information content (AvgIpc) is 2.96. The third kappa shape index (κ3) is 3.32. The van der Waals surface area contributed by atoms with Gasteiger partial charge in [0.25, 0.3) is 0 Å². The third-order valence-corrected chi connectivity index (χ3v) is 5.08. The molecule has 2 fully saturated rings. The molecular weight excluding hydrogens is 279 g/mol. The number of halogens is 1. The maximum atomic E-state index is 13.1. The van der Waals surface area contributed by atoms with E-state index in [1.165, 1.54) is 18.6 Å². The molecule has 1 aromatic rings. The lowest BCUT2D eigenvalue weighted by Crippen LogP contribution is -2.46. The number of carbonyl (C=O) groups excluding carboxylic acids is 1. The highest BCUT2D eigenvalue weighted by atomic mass is 19.1. The van der Waals surface area contributed by atoms with Gasteiger partial charge in [-0.05, 0) is 63.3 Å². The molecule has 3 nitrogen and oxygen atoms in total. The predicted octanol–water partition coefficient (Wildman–Crippen LogP) is 3.36. The minimum atomic E-state index is -0.202. The first-order valence-electron chi connectivity index (χ1n) is 8.44. The molecule has 2 saturated heterocycles. The summed E-state index contributed by atoms with van der Waals surface area (Å²) < 4.78 is 13.1. The fourth-order valence-corrected chi connectivity index (χ4v) is 3.81. The van der Waals surface area contributed by atoms with Gasteiger partial charge in [0.1, 0.15) is 5.82 Å². The van der Waals surface area contributed by atoms with Crippen LogP contribution in [0.4, 0.5) is 4.39 Å². The molecule has 2 unspecified atom stereocenters. The van der Waals surface area contributed by atoms with E-state index in [9.17, 15) is 9.18 Å². The molecular formula is C18H25FN2O. The predicted molar refractivity (Wildman–Crippen MR) is 85.0 cm³/mol. The Labute approximate surface area is 132 Å². The second kappa shape index (κ2) is 6.78. The molecule has 22 heavy (non-hydrogen) atoms. The molecule has 0 bridgehead atoms. The molecule has 1 amide bonds. The molecule has 0 aliphatic carbocycles. The first-order chi connectivity index (χ1) is 10.6. The number of amides is 1. The normalized spacial score (nSPS) is 26.4. The van der Waals surface area contributed by atoms with Crippen molar-refractivity contribution < 1.29 is 9.18 Å². The molecule has 0 aromatic heterocycles. The van der Waals surface area contributed by atoms with E-state index in [0.717, 1.165) is 44.3 Å². The topological polar surface area (TPSA) is 23.6 Å². The lowest BCUT2D eigenvalue weighted by atomic mass is 10.0. The number of piperidine rings is 1. The van der Waals surface area contributed by atoms with Crippen LogP contribution in [0.1, 0.15) is 50.6 Å². The van der Waals surface area contributed by atoms with Crippen molar-refractivity contribution in [3.05, 3.63) is 35.6 Å². The second-order valence-electron chi connectivity index (χ2n) is 6.61. The lowest BCUT2D eigenvalue weighted by molar-refractivity contribution is -0.135. The van der Waals surface area contributed by atoms with Crippen LogP contribution in [-0.4, -0.2) is 41.4 Å². The van der Waals surface area contributed by atoms with E-state index in [1.54, 1.807) is 0 Å². The molecule has 2 aliphatic rings. The Morgan fingerprint density at radius 2 is 1.91 bits per heavy atom. The van der Waals surface area contributed by atoms with Crippen molar-refractivity contribution in [2.45, 2.75) is 51.1 Å². The zero-order valence-electron chi connectivity index (χ0n) is 13.3. The van der Waals surface area contributed by atoms with Crippen LogP contribution in [0.15, 0.2) is 24.3 Å². The summed E-state index contributed by atoms with van der Waals surface area (Å²) in [5.74, 6) is 0.0488. The van der Waals surface area contributed by atoms with Crippen molar-refractivity contribution in [3.63, 3.8) is 0 Å². The van der Waals surface area contributed by atoms with Gasteiger partial charge in [0, 0.05) is 18.6 Å². The summed E-state index contributed by atoms with van der Waals surface area (Å²) in [6.45, 7) is 4.50. The van der Waals surface area contributed by atoms with E-state index >= 15 is 0 Å². The minimum absolute atomic E-state index is 0.202. The van der Waals surface area contributed by atoms with Gasteiger partial charge in [0.15, 0.2) is 0 Å². The Morgan fingerprint density at radius 3 is 2.64 bits per heavy atom. The summed E-state index contributed by atoms with van der Waals surface area (Å²) in [6, 6.07) is 7.36. The van der Waals surface area contributed by atoms with Gasteiger partial charge < -0.3 is 4.90 Å². The molecule has 2 aliphatic heterocycles. The van der Waals surface area contributed by atoms with E-state index in [0.29, 0.717) is 12.6 Å². The van der Waals surface area contributed by atoms with Crippen molar-refractivity contribution in [1.82, 2.24) is 9.80 Å². The Bertz CT molecular complexity index is 516. The van der Waals surface area contributed by atoms with Crippen LogP contribution in [0.3, 0.4) is 0 Å². The van der Waals surface area contributed by atoms with E-state index < -0.39 is 0 Å². The van der Waals surface area contributed by atoms with Crippen LogP contribution >= 0.6 is 0 Å². The van der Waals surface area contributed by atoms with Crippen LogP contribution in [-0.2, 0) is 4.79 Å². The number of rotatable bonds is 3. The van der Waals surface area contributed by atoms with Crippen LogP contribution < -0.4 is 0 Å². The monoisotopic (exact) mass is 304 g/mol. The van der Waals surface area contributed by atoms with Crippen LogP contribution in [0.25, 0.3) is 0 Å². The van der Waals surface area contributed by atoms with Gasteiger partial charge >= 0.3 is 0 Å². The number of likely N-dealkylation sites (tertiary alicyclic amines) is 2. The SMILES string of the molecule is CC1CCCCN1C(=O)CN1CCCC1c1ccc(F)cc1. The van der Waals surface area contributed by atoms with Gasteiger partial charge in [-0.15, -0.1) is 0 Å². The van der Waals surface area contributed by atoms with Crippen molar-refractivity contribution >= 4 is 5.91 Å². The van der Waals surface area contributed by atoms with E-state index in [1.807, 2.05) is 17.0 Å². The zero-order chi connectivity index (χ0) is 15.5. The molecule has 3 rings (SSSR count). The molecule has 2 atom stereocenters. The molecule has 0 radical (unpaired) electrons. The Balaban J connectivity index is 1.65. The van der Waals surface area contributed by atoms with Crippen LogP contribution in [0, 0.1) is 5.82 Å². The summed E-state index contributed by atoms with van der Waals surface area (Å²) in [7, 11) is 0. The summed E-state index contributed by atoms with van der Waals surface area (Å²) in [5, 5.41) is 0. The van der Waals surface area contributed by atoms with Crippen molar-refractivity contribution in [1.29, 1.82) is 0 Å². The first kappa shape index (κ1) is 15.5. The molecule has 0 N–H and O–H groups in total. The Hall–Kier alpha value is -1.42. The quantitative estimate of drug-likeness (QED) is 0.855. The van der Waals surface area contributed by atoms with Crippen molar-refractivity contribution in [3.8, 4) is 0 Å². The van der Waals surface area contributed by atoms with Gasteiger partial charge in [0.05, 0.1) is 6.54 Å². The average molecular weight is 304 g/mol. The Kier molecular flexibility index (Phi) is 4.77. The lowest BCUT2D eigenvalue weighted by Gasteiger charge is -2.35. The summed E-state index contributed by atoms with van der Waals surface area (Å²) >= 11 is 0. The van der Waals surface area contributed by atoms with Crippen LogP contribution in [0.2, 0.25) is 0 Å². The smallest absolute Gasteiger partial charge is 0.237 e. The van der Waals surface area contributed by atoms with Crippen molar-refractivity contribution in [2.24, 2.45) is 0 Å². The van der Waals surface area contributed by atoms with Gasteiger partial charge in [-0.25, -0.2) is 4.39 Å². The van der Waals surface area contributed by atoms with E-state index in [2.05, 4.69) is 11.8 Å². The van der Waals surface area contributed by atoms with Gasteiger partial charge in [0.2, 0.25) is 5.91 Å². The molecule has 0 spiro atoms. The highest BCUT2D eigenvalue weighted by Crippen LogP contribution is 2.32. The molecule has 1 aromatic carbocycles. The van der Waals surface area contributed by atoms with Gasteiger partial charge in [-0.3, -0.25) is 9.69 Å². The summed E-state index contributed by atoms with van der Waals surface area (Å²) in [4.78, 5) is 16.9. The highest BCUT2D eigenvalue weighted by Gasteiger charge is 2.30. The highest BCUT2D eigenvalue weighted by molar-refractivity contribution is 5.78. The van der Waals surface area contributed by atoms with Crippen LogP contribution in [0.5, 0.6) is 0 Å². The van der Waals surface area contributed by atoms with Gasteiger partial charge in [-0.2, -0.15) is 0 Å². The zero-order valence-corrected chi connectivity index (χ0v) is 13.3. The van der Waals surface area contributed by atoms with Crippen molar-refractivity contribution in [2.75, 3.05) is 19.6 Å². The molecule has 4 heteroatoms. The fourth-order valence-electron chi connectivity index (χ4n) is 3.81. The minimum Gasteiger partial charge on any atom is -0.339 e. The maximum absolute atomic E-state index is 13.1. The number of carbonyl (C=O) groups is 1. The summed E-state index contributed by atoms with van der Waals surface area (Å²) in [6.07, 6.45) is 5.62. The first-order valence-corrected chi connectivity index (χ1v) is 8.44. The van der Waals surface area contributed by atoms with Gasteiger partial charge in [-0.1, -0.05) is 12.1 Å². The number of hydrogen-bond acceptors (Lipinski definition) is 2. The number of hydrogen-bond donors (Lipinski definition) is 0. The molecule has 120 valence electrons. The summed E-state index contributed by atoms with van der Waals surface area (Å²) in [5.41, 5.74) is 1.12. The third-order valence-electron chi connectivity index (χ3n) is 5.08. The van der Waals surface area contributed by atoms with E-state index in [-0.39, 0.29) is 17.8 Å². The largest absolute Gasteiger partial charge is 0.339 e. The number of nitrogens with zero attached hydrogens (tertiary/aromatic N) is 2. The fraction of sp³-hybridized carbons (Fsp3) is 0.611. The second-order valence-corrected chi connectivity index (χ2v) is 6.61. The number of benzene rings is 1. The molecule has 0 saturated carbocycles. The Morgan fingerprint density at radius 1 is 1.14 bits per heavy atom.